The Balaban J connectivity index is 1.35. The van der Waals surface area contributed by atoms with Crippen molar-refractivity contribution in [2.45, 2.75) is 49.7 Å². The maximum Gasteiger partial charge on any atom is 0.229 e. The summed E-state index contributed by atoms with van der Waals surface area (Å²) in [6.45, 7) is 6.98. The number of amides is 1. The average Bonchev–Trinajstić information content (AvgIpc) is 3.33. The van der Waals surface area contributed by atoms with Gasteiger partial charge in [-0.15, -0.1) is 11.3 Å². The number of hydrogen-bond donors (Lipinski definition) is 2. The van der Waals surface area contributed by atoms with Gasteiger partial charge in [0.25, 0.3) is 0 Å². The molecule has 1 aromatic heterocycles. The molecule has 1 atom stereocenters. The number of benzene rings is 2. The molecule has 3 N–H and O–H groups in total. The Labute approximate surface area is 231 Å². The second-order valence-electron chi connectivity index (χ2n) is 9.13. The smallest absolute Gasteiger partial charge is 0.229 e. The zero-order valence-electron chi connectivity index (χ0n) is 20.4. The van der Waals surface area contributed by atoms with Crippen molar-refractivity contribution in [3.8, 4) is 11.3 Å². The number of rotatable bonds is 9. The first-order valence-electron chi connectivity index (χ1n) is 12.0. The summed E-state index contributed by atoms with van der Waals surface area (Å²) in [4.78, 5) is 19.8. The van der Waals surface area contributed by atoms with Crippen LogP contribution in [0.2, 0.25) is 10.0 Å². The molecule has 2 heterocycles. The summed E-state index contributed by atoms with van der Waals surface area (Å²) in [6, 6.07) is 14.2. The Kier molecular flexibility index (Phi) is 9.55. The molecule has 1 aliphatic heterocycles. The van der Waals surface area contributed by atoms with Crippen LogP contribution in [0.4, 0.5) is 5.69 Å². The number of nitrogens with two attached hydrogens (primary N) is 1. The number of carbonyl (C=O) groups excluding carboxylic acids is 1. The molecule has 36 heavy (non-hydrogen) atoms. The van der Waals surface area contributed by atoms with Crippen molar-refractivity contribution in [1.82, 2.24) is 14.2 Å². The third-order valence-electron chi connectivity index (χ3n) is 6.04. The Bertz CT molecular complexity index is 1180. The van der Waals surface area contributed by atoms with Gasteiger partial charge in [-0.25, -0.2) is 4.98 Å². The first-order chi connectivity index (χ1) is 17.3. The van der Waals surface area contributed by atoms with E-state index in [2.05, 4.69) is 16.3 Å². The van der Waals surface area contributed by atoms with Crippen LogP contribution in [0.3, 0.4) is 0 Å². The molecule has 0 bridgehead atoms. The summed E-state index contributed by atoms with van der Waals surface area (Å²) < 4.78 is 2.77. The molecule has 0 radical (unpaired) electrons. The highest BCUT2D eigenvalue weighted by Crippen LogP contribution is 2.34. The topological polar surface area (TPSA) is 74.5 Å². The Morgan fingerprint density at radius 2 is 2.03 bits per heavy atom. The number of nitrogens with zero attached hydrogens (tertiary/aromatic N) is 3. The molecule has 1 aliphatic rings. The van der Waals surface area contributed by atoms with Gasteiger partial charge in [-0.1, -0.05) is 41.4 Å². The van der Waals surface area contributed by atoms with Crippen LogP contribution in [0.5, 0.6) is 0 Å². The molecule has 1 fully saturated rings. The van der Waals surface area contributed by atoms with E-state index in [1.165, 1.54) is 11.9 Å². The molecular formula is C26H31Cl2N5OS2. The van der Waals surface area contributed by atoms with Crippen LogP contribution in [0.15, 0.2) is 52.2 Å². The Hall–Kier alpha value is -1.81. The number of nitrogens with one attached hydrogen (secondary N) is 1. The zero-order chi connectivity index (χ0) is 25.7. The van der Waals surface area contributed by atoms with E-state index in [4.69, 9.17) is 33.9 Å². The number of hydrogen-bond acceptors (Lipinski definition) is 7. The van der Waals surface area contributed by atoms with Crippen LogP contribution in [0.25, 0.3) is 11.3 Å². The predicted molar refractivity (Wildman–Crippen MR) is 153 cm³/mol. The normalized spacial score (nSPS) is 15.6. The largest absolute Gasteiger partial charge is 0.383 e. The lowest BCUT2D eigenvalue weighted by Crippen LogP contribution is -2.43. The fourth-order valence-corrected chi connectivity index (χ4v) is 6.41. The van der Waals surface area contributed by atoms with E-state index in [0.717, 1.165) is 59.3 Å². The summed E-state index contributed by atoms with van der Waals surface area (Å²) in [5, 5.41) is 6.55. The Morgan fingerprint density at radius 1 is 1.25 bits per heavy atom. The summed E-state index contributed by atoms with van der Waals surface area (Å²) >= 11 is 15.2. The number of piperidine rings is 1. The molecule has 1 saturated heterocycles. The van der Waals surface area contributed by atoms with Gasteiger partial charge in [0.1, 0.15) is 0 Å². The summed E-state index contributed by atoms with van der Waals surface area (Å²) in [7, 11) is 0. The van der Waals surface area contributed by atoms with E-state index < -0.39 is 0 Å². The van der Waals surface area contributed by atoms with E-state index in [9.17, 15) is 4.79 Å². The standard InChI is InChI=1S/C26H31Cl2N5OS2/c1-17(29)14-30-21-5-3-4-20(13-21)25-16-35-26(31-25)36-33(18(2)34)22-8-10-32(11-9-22)15-19-6-7-23(27)24(28)12-19/h3-7,12-13,16-17,22,30H,8-11,14-15,29H2,1-2H3/t17-/m0/s1. The van der Waals surface area contributed by atoms with Gasteiger partial charge in [0, 0.05) is 73.8 Å². The van der Waals surface area contributed by atoms with Gasteiger partial charge in [-0.05, 0) is 49.6 Å². The maximum absolute atomic E-state index is 12.6. The molecule has 1 amide bonds. The first-order valence-corrected chi connectivity index (χ1v) is 14.4. The Morgan fingerprint density at radius 3 is 2.72 bits per heavy atom. The third-order valence-corrected chi connectivity index (χ3v) is 8.92. The number of likely N-dealkylation sites (tertiary alicyclic amines) is 1. The molecule has 4 rings (SSSR count). The second kappa shape index (κ2) is 12.6. The van der Waals surface area contributed by atoms with Crippen LogP contribution in [-0.4, -0.2) is 51.8 Å². The molecule has 0 spiro atoms. The van der Waals surface area contributed by atoms with Crippen molar-refractivity contribution in [3.05, 3.63) is 63.5 Å². The minimum atomic E-state index is 0.0572. The van der Waals surface area contributed by atoms with E-state index in [-0.39, 0.29) is 18.0 Å². The average molecular weight is 565 g/mol. The number of halogens is 2. The number of carbonyl (C=O) groups is 1. The zero-order valence-corrected chi connectivity index (χ0v) is 23.6. The van der Waals surface area contributed by atoms with Crippen LogP contribution < -0.4 is 11.1 Å². The van der Waals surface area contributed by atoms with Gasteiger partial charge in [0.05, 0.1) is 15.7 Å². The number of aromatic nitrogens is 1. The lowest BCUT2D eigenvalue weighted by atomic mass is 10.0. The first kappa shape index (κ1) is 27.2. The van der Waals surface area contributed by atoms with Crippen LogP contribution in [0.1, 0.15) is 32.3 Å². The van der Waals surface area contributed by atoms with Crippen LogP contribution >= 0.6 is 46.5 Å². The highest BCUT2D eigenvalue weighted by molar-refractivity contribution is 7.99. The van der Waals surface area contributed by atoms with E-state index >= 15 is 0 Å². The number of thiazole rings is 1. The van der Waals surface area contributed by atoms with Crippen molar-refractivity contribution in [3.63, 3.8) is 0 Å². The van der Waals surface area contributed by atoms with Crippen molar-refractivity contribution in [1.29, 1.82) is 0 Å². The van der Waals surface area contributed by atoms with Crippen molar-refractivity contribution in [2.75, 3.05) is 25.0 Å². The van der Waals surface area contributed by atoms with Crippen LogP contribution in [-0.2, 0) is 11.3 Å². The van der Waals surface area contributed by atoms with Crippen molar-refractivity contribution in [2.24, 2.45) is 5.73 Å². The highest BCUT2D eigenvalue weighted by atomic mass is 35.5. The second-order valence-corrected chi connectivity index (χ2v) is 12.0. The van der Waals surface area contributed by atoms with E-state index in [1.807, 2.05) is 53.0 Å². The fraction of sp³-hybridized carbons (Fsp3) is 0.385. The lowest BCUT2D eigenvalue weighted by Gasteiger charge is -2.37. The quantitative estimate of drug-likeness (QED) is 0.293. The molecular weight excluding hydrogens is 533 g/mol. The molecule has 6 nitrogen and oxygen atoms in total. The summed E-state index contributed by atoms with van der Waals surface area (Å²) in [6.07, 6.45) is 1.83. The van der Waals surface area contributed by atoms with Crippen molar-refractivity contribution >= 4 is 58.1 Å². The molecule has 2 aromatic carbocycles. The fourth-order valence-electron chi connectivity index (χ4n) is 4.19. The molecule has 0 unspecified atom stereocenters. The molecule has 0 saturated carbocycles. The monoisotopic (exact) mass is 563 g/mol. The predicted octanol–water partition coefficient (Wildman–Crippen LogP) is 6.40. The molecule has 0 aliphatic carbocycles. The van der Waals surface area contributed by atoms with Gasteiger partial charge in [-0.2, -0.15) is 0 Å². The molecule has 10 heteroatoms. The van der Waals surface area contributed by atoms with Crippen molar-refractivity contribution < 1.29 is 4.79 Å². The van der Waals surface area contributed by atoms with Gasteiger partial charge < -0.3 is 11.1 Å². The van der Waals surface area contributed by atoms with Gasteiger partial charge in [-0.3, -0.25) is 14.0 Å². The maximum atomic E-state index is 12.6. The molecule has 192 valence electrons. The summed E-state index contributed by atoms with van der Waals surface area (Å²) in [5.74, 6) is 0.0572. The van der Waals surface area contributed by atoms with Gasteiger partial charge in [0.15, 0.2) is 4.34 Å². The van der Waals surface area contributed by atoms with E-state index in [1.54, 1.807) is 18.3 Å². The van der Waals surface area contributed by atoms with Gasteiger partial charge >= 0.3 is 0 Å². The SMILES string of the molecule is CC(=O)N(Sc1nc(-c2cccc(NC[C@H](C)N)c2)cs1)C1CCN(Cc2ccc(Cl)c(Cl)c2)CC1. The summed E-state index contributed by atoms with van der Waals surface area (Å²) in [5.41, 5.74) is 9.97. The van der Waals surface area contributed by atoms with Crippen LogP contribution in [0, 0.1) is 0 Å². The van der Waals surface area contributed by atoms with E-state index in [0.29, 0.717) is 16.6 Å². The highest BCUT2D eigenvalue weighted by Gasteiger charge is 2.28. The minimum Gasteiger partial charge on any atom is -0.383 e. The third kappa shape index (κ3) is 7.37. The minimum absolute atomic E-state index is 0.0572. The van der Waals surface area contributed by atoms with Gasteiger partial charge in [0.2, 0.25) is 5.91 Å². The molecule has 3 aromatic rings. The lowest BCUT2D eigenvalue weighted by molar-refractivity contribution is -0.125. The number of anilines is 1.